The molecule has 0 aliphatic carbocycles. The molecule has 1 unspecified atom stereocenters. The standard InChI is InChI=1S/C15H11Cl2N5S2/c1-2-11(8-3-4-9(16)10(17)5-8)22-12(6-18)14(20-15(22)23)13-7-19-21-24-13/h3-5,7,11H,2H2,1H3,(H,20,23). The monoisotopic (exact) mass is 395 g/mol. The maximum Gasteiger partial charge on any atom is 0.179 e. The fourth-order valence-electron chi connectivity index (χ4n) is 2.60. The van der Waals surface area contributed by atoms with Gasteiger partial charge in [-0.2, -0.15) is 5.26 Å². The second kappa shape index (κ2) is 7.03. The minimum absolute atomic E-state index is 0.132. The quantitative estimate of drug-likeness (QED) is 0.612. The predicted octanol–water partition coefficient (Wildman–Crippen LogP) is 5.24. The first kappa shape index (κ1) is 17.1. The van der Waals surface area contributed by atoms with Gasteiger partial charge in [-0.15, -0.1) is 5.10 Å². The van der Waals surface area contributed by atoms with Crippen molar-refractivity contribution in [3.63, 3.8) is 0 Å². The number of nitriles is 1. The van der Waals surface area contributed by atoms with Crippen LogP contribution in [-0.4, -0.2) is 19.1 Å². The Bertz CT molecular complexity index is 969. The van der Waals surface area contributed by atoms with Crippen LogP contribution < -0.4 is 0 Å². The van der Waals surface area contributed by atoms with E-state index >= 15 is 0 Å². The van der Waals surface area contributed by atoms with E-state index in [-0.39, 0.29) is 6.04 Å². The third kappa shape index (κ3) is 2.98. The first-order valence-electron chi connectivity index (χ1n) is 7.04. The molecule has 3 rings (SSSR count). The third-order valence-corrected chi connectivity index (χ3v) is 5.39. The summed E-state index contributed by atoms with van der Waals surface area (Å²) in [4.78, 5) is 3.87. The molecule has 0 fully saturated rings. The molecule has 0 saturated heterocycles. The Morgan fingerprint density at radius 2 is 2.21 bits per heavy atom. The van der Waals surface area contributed by atoms with Gasteiger partial charge in [0.15, 0.2) is 4.77 Å². The van der Waals surface area contributed by atoms with Gasteiger partial charge < -0.3 is 9.55 Å². The van der Waals surface area contributed by atoms with Crippen molar-refractivity contribution >= 4 is 47.0 Å². The molecular weight excluding hydrogens is 385 g/mol. The Kier molecular flexibility index (Phi) is 5.01. The Morgan fingerprint density at radius 3 is 2.79 bits per heavy atom. The summed E-state index contributed by atoms with van der Waals surface area (Å²) < 4.78 is 6.12. The van der Waals surface area contributed by atoms with Crippen LogP contribution in [0.15, 0.2) is 24.4 Å². The number of imidazole rings is 1. The SMILES string of the molecule is CCC(c1ccc(Cl)c(Cl)c1)n1c(C#N)c(-c2cnns2)[nH]c1=S. The average Bonchev–Trinajstić information content (AvgIpc) is 3.20. The number of aromatic amines is 1. The number of nitrogens with one attached hydrogen (secondary N) is 1. The lowest BCUT2D eigenvalue weighted by Gasteiger charge is -2.19. The number of hydrogen-bond acceptors (Lipinski definition) is 5. The van der Waals surface area contributed by atoms with E-state index in [1.165, 1.54) is 11.5 Å². The van der Waals surface area contributed by atoms with E-state index < -0.39 is 0 Å². The van der Waals surface area contributed by atoms with E-state index in [9.17, 15) is 5.26 Å². The van der Waals surface area contributed by atoms with E-state index in [0.717, 1.165) is 16.9 Å². The molecule has 0 amide bonds. The molecule has 1 aromatic carbocycles. The molecular formula is C15H11Cl2N5S2. The molecule has 9 heteroatoms. The summed E-state index contributed by atoms with van der Waals surface area (Å²) >= 11 is 18.8. The fraction of sp³-hybridized carbons (Fsp3) is 0.200. The van der Waals surface area contributed by atoms with Crippen LogP contribution in [0.1, 0.15) is 30.6 Å². The van der Waals surface area contributed by atoms with Crippen LogP contribution in [-0.2, 0) is 0 Å². The van der Waals surface area contributed by atoms with E-state index in [4.69, 9.17) is 35.4 Å². The van der Waals surface area contributed by atoms with E-state index in [1.54, 1.807) is 12.3 Å². The van der Waals surface area contributed by atoms with Gasteiger partial charge in [0.1, 0.15) is 11.8 Å². The summed E-state index contributed by atoms with van der Waals surface area (Å²) in [6, 6.07) is 7.56. The van der Waals surface area contributed by atoms with Crippen LogP contribution in [0.3, 0.4) is 0 Å². The Hall–Kier alpha value is -1.72. The highest BCUT2D eigenvalue weighted by Crippen LogP contribution is 2.33. The Balaban J connectivity index is 2.18. The molecule has 1 atom stereocenters. The molecule has 3 aromatic rings. The van der Waals surface area contributed by atoms with E-state index in [0.29, 0.717) is 26.2 Å². The third-order valence-electron chi connectivity index (χ3n) is 3.67. The molecule has 2 aromatic heterocycles. The first-order valence-corrected chi connectivity index (χ1v) is 8.97. The molecule has 5 nitrogen and oxygen atoms in total. The number of H-pyrrole nitrogens is 1. The van der Waals surface area contributed by atoms with Crippen molar-refractivity contribution in [2.75, 3.05) is 0 Å². The summed E-state index contributed by atoms with van der Waals surface area (Å²) in [5, 5.41) is 14.5. The molecule has 2 heterocycles. The maximum atomic E-state index is 9.68. The van der Waals surface area contributed by atoms with Gasteiger partial charge in [-0.25, -0.2) is 0 Å². The van der Waals surface area contributed by atoms with Crippen molar-refractivity contribution in [3.05, 3.63) is 50.5 Å². The molecule has 0 saturated carbocycles. The summed E-state index contributed by atoms with van der Waals surface area (Å²) in [5.74, 6) is 0. The minimum Gasteiger partial charge on any atom is -0.329 e. The number of rotatable bonds is 4. The zero-order valence-electron chi connectivity index (χ0n) is 12.5. The van der Waals surface area contributed by atoms with Crippen molar-refractivity contribution < 1.29 is 0 Å². The van der Waals surface area contributed by atoms with Crippen LogP contribution in [0.25, 0.3) is 10.6 Å². The van der Waals surface area contributed by atoms with Gasteiger partial charge in [0.25, 0.3) is 0 Å². The summed E-state index contributed by atoms with van der Waals surface area (Å²) in [7, 11) is 0. The topological polar surface area (TPSA) is 70.3 Å². The molecule has 0 aliphatic heterocycles. The smallest absolute Gasteiger partial charge is 0.179 e. The zero-order valence-corrected chi connectivity index (χ0v) is 15.6. The first-order chi connectivity index (χ1) is 11.6. The van der Waals surface area contributed by atoms with Crippen LogP contribution in [0.5, 0.6) is 0 Å². The molecule has 0 spiro atoms. The largest absolute Gasteiger partial charge is 0.329 e. The summed E-state index contributed by atoms with van der Waals surface area (Å²) in [5.41, 5.74) is 2.02. The molecule has 122 valence electrons. The van der Waals surface area contributed by atoms with Crippen molar-refractivity contribution in [1.29, 1.82) is 5.26 Å². The predicted molar refractivity (Wildman–Crippen MR) is 98.1 cm³/mol. The molecule has 0 bridgehead atoms. The minimum atomic E-state index is -0.132. The number of nitrogens with zero attached hydrogens (tertiary/aromatic N) is 4. The normalized spacial score (nSPS) is 12.1. The second-order valence-electron chi connectivity index (χ2n) is 5.01. The van der Waals surface area contributed by atoms with Gasteiger partial charge in [-0.1, -0.05) is 40.7 Å². The van der Waals surface area contributed by atoms with Crippen LogP contribution in [0.2, 0.25) is 10.0 Å². The Labute approximate surface area is 157 Å². The lowest BCUT2D eigenvalue weighted by molar-refractivity contribution is 0.555. The number of benzene rings is 1. The van der Waals surface area contributed by atoms with Crippen LogP contribution in [0.4, 0.5) is 0 Å². The van der Waals surface area contributed by atoms with Crippen molar-refractivity contribution in [2.24, 2.45) is 0 Å². The summed E-state index contributed by atoms with van der Waals surface area (Å²) in [6.07, 6.45) is 2.34. The van der Waals surface area contributed by atoms with Crippen molar-refractivity contribution in [3.8, 4) is 16.6 Å². The van der Waals surface area contributed by atoms with Gasteiger partial charge in [-0.3, -0.25) is 0 Å². The molecule has 1 N–H and O–H groups in total. The molecule has 24 heavy (non-hydrogen) atoms. The molecule has 0 aliphatic rings. The maximum absolute atomic E-state index is 9.68. The highest BCUT2D eigenvalue weighted by molar-refractivity contribution is 7.71. The van der Waals surface area contributed by atoms with Crippen LogP contribution >= 0.6 is 47.0 Å². The number of aromatic nitrogens is 4. The second-order valence-corrected chi connectivity index (χ2v) is 7.00. The highest BCUT2D eigenvalue weighted by atomic mass is 35.5. The average molecular weight is 396 g/mol. The van der Waals surface area contributed by atoms with Gasteiger partial charge in [0.05, 0.1) is 32.9 Å². The number of halogens is 2. The van der Waals surface area contributed by atoms with E-state index in [1.807, 2.05) is 23.6 Å². The fourth-order valence-corrected chi connectivity index (χ4v) is 3.74. The van der Waals surface area contributed by atoms with Crippen molar-refractivity contribution in [2.45, 2.75) is 19.4 Å². The lowest BCUT2D eigenvalue weighted by Crippen LogP contribution is -2.12. The highest BCUT2D eigenvalue weighted by Gasteiger charge is 2.22. The van der Waals surface area contributed by atoms with Gasteiger partial charge >= 0.3 is 0 Å². The zero-order chi connectivity index (χ0) is 17.3. The van der Waals surface area contributed by atoms with E-state index in [2.05, 4.69) is 20.6 Å². The van der Waals surface area contributed by atoms with Crippen LogP contribution in [0, 0.1) is 16.1 Å². The van der Waals surface area contributed by atoms with Gasteiger partial charge in [0, 0.05) is 0 Å². The van der Waals surface area contributed by atoms with Crippen molar-refractivity contribution in [1.82, 2.24) is 19.1 Å². The van der Waals surface area contributed by atoms with Gasteiger partial charge in [0.2, 0.25) is 0 Å². The Morgan fingerprint density at radius 1 is 1.42 bits per heavy atom. The van der Waals surface area contributed by atoms with Gasteiger partial charge in [-0.05, 0) is 47.9 Å². The lowest BCUT2D eigenvalue weighted by atomic mass is 10.0. The number of hydrogen-bond donors (Lipinski definition) is 1. The molecule has 0 radical (unpaired) electrons. The summed E-state index contributed by atoms with van der Waals surface area (Å²) in [6.45, 7) is 2.02.